The monoisotopic (exact) mass is 181 g/mol. The van der Waals surface area contributed by atoms with E-state index in [0.717, 1.165) is 12.2 Å². The quantitative estimate of drug-likeness (QED) is 0.708. The van der Waals surface area contributed by atoms with Gasteiger partial charge in [0.25, 0.3) is 0 Å². The summed E-state index contributed by atoms with van der Waals surface area (Å²) in [6.07, 6.45) is 2.92. The minimum Gasteiger partial charge on any atom is -0.261 e. The fourth-order valence-corrected chi connectivity index (χ4v) is 1.82. The van der Waals surface area contributed by atoms with Crippen LogP contribution in [0.15, 0.2) is 18.3 Å². The van der Waals surface area contributed by atoms with Crippen molar-refractivity contribution in [2.24, 2.45) is 0 Å². The Balaban J connectivity index is 2.68. The van der Waals surface area contributed by atoms with E-state index in [2.05, 4.69) is 24.9 Å². The van der Waals surface area contributed by atoms with E-state index in [4.69, 9.17) is 0 Å². The third-order valence-corrected chi connectivity index (χ3v) is 2.70. The average molecular weight is 181 g/mol. The van der Waals surface area contributed by atoms with Gasteiger partial charge in [0, 0.05) is 17.6 Å². The molecule has 0 fully saturated rings. The fraction of sp³-hybridized carbons (Fsp3) is 0.500. The molecule has 1 heterocycles. The number of hydrogen-bond acceptors (Lipinski definition) is 2. The van der Waals surface area contributed by atoms with Gasteiger partial charge in [-0.25, -0.2) is 0 Å². The molecule has 1 rings (SSSR count). The molecular formula is C10H15NS. The number of aromatic nitrogens is 1. The molecule has 0 spiro atoms. The van der Waals surface area contributed by atoms with Gasteiger partial charge in [0.05, 0.1) is 0 Å². The van der Waals surface area contributed by atoms with Crippen molar-refractivity contribution in [1.82, 2.24) is 4.98 Å². The van der Waals surface area contributed by atoms with E-state index in [1.807, 2.05) is 24.0 Å². The van der Waals surface area contributed by atoms with E-state index in [9.17, 15) is 0 Å². The Bertz CT molecular complexity index is 235. The second kappa shape index (κ2) is 5.20. The zero-order valence-electron chi connectivity index (χ0n) is 7.71. The summed E-state index contributed by atoms with van der Waals surface area (Å²) in [6.45, 7) is 4.34. The normalized spacial score (nSPS) is 10.2. The molecule has 0 aliphatic carbocycles. The van der Waals surface area contributed by atoms with E-state index >= 15 is 0 Å². The molecule has 0 bridgehead atoms. The van der Waals surface area contributed by atoms with Gasteiger partial charge >= 0.3 is 0 Å². The largest absolute Gasteiger partial charge is 0.261 e. The molecule has 0 saturated heterocycles. The van der Waals surface area contributed by atoms with Crippen molar-refractivity contribution < 1.29 is 0 Å². The molecule has 1 aromatic heterocycles. The van der Waals surface area contributed by atoms with Crippen LogP contribution < -0.4 is 0 Å². The summed E-state index contributed by atoms with van der Waals surface area (Å²) in [5, 5.41) is 0. The van der Waals surface area contributed by atoms with Crippen LogP contribution in [0.1, 0.15) is 25.1 Å². The second-order valence-corrected chi connectivity index (χ2v) is 3.87. The number of thioether (sulfide) groups is 1. The van der Waals surface area contributed by atoms with Crippen molar-refractivity contribution in [2.45, 2.75) is 26.0 Å². The van der Waals surface area contributed by atoms with Gasteiger partial charge in [-0.1, -0.05) is 19.9 Å². The molecule has 0 aromatic carbocycles. The predicted molar refractivity (Wildman–Crippen MR) is 55.5 cm³/mol. The number of nitrogens with zero attached hydrogens (tertiary/aromatic N) is 1. The van der Waals surface area contributed by atoms with Crippen LogP contribution in [-0.2, 0) is 12.2 Å². The highest BCUT2D eigenvalue weighted by Crippen LogP contribution is 2.14. The SMILES string of the molecule is CCSCc1cccnc1CC. The van der Waals surface area contributed by atoms with Gasteiger partial charge in [0.15, 0.2) is 0 Å². The van der Waals surface area contributed by atoms with Gasteiger partial charge in [-0.3, -0.25) is 4.98 Å². The molecular weight excluding hydrogens is 166 g/mol. The Hall–Kier alpha value is -0.500. The fourth-order valence-electron chi connectivity index (χ4n) is 1.13. The number of hydrogen-bond donors (Lipinski definition) is 0. The van der Waals surface area contributed by atoms with Gasteiger partial charge in [0.1, 0.15) is 0 Å². The van der Waals surface area contributed by atoms with Crippen LogP contribution >= 0.6 is 11.8 Å². The third kappa shape index (κ3) is 2.52. The molecule has 12 heavy (non-hydrogen) atoms. The maximum atomic E-state index is 4.34. The number of aryl methyl sites for hydroxylation is 1. The molecule has 0 aliphatic heterocycles. The first-order chi connectivity index (χ1) is 5.88. The highest BCUT2D eigenvalue weighted by Gasteiger charge is 1.99. The second-order valence-electron chi connectivity index (χ2n) is 2.60. The zero-order chi connectivity index (χ0) is 8.81. The molecule has 66 valence electrons. The summed E-state index contributed by atoms with van der Waals surface area (Å²) < 4.78 is 0. The molecule has 2 heteroatoms. The molecule has 0 aliphatic rings. The van der Waals surface area contributed by atoms with E-state index in [1.165, 1.54) is 17.0 Å². The molecule has 1 aromatic rings. The number of pyridine rings is 1. The molecule has 0 amide bonds. The van der Waals surface area contributed by atoms with Crippen LogP contribution in [0.5, 0.6) is 0 Å². The average Bonchev–Trinajstić information content (AvgIpc) is 2.15. The van der Waals surface area contributed by atoms with E-state index in [1.54, 1.807) is 0 Å². The Labute approximate surface area is 78.6 Å². The van der Waals surface area contributed by atoms with Gasteiger partial charge < -0.3 is 0 Å². The van der Waals surface area contributed by atoms with Crippen LogP contribution in [-0.4, -0.2) is 10.7 Å². The summed E-state index contributed by atoms with van der Waals surface area (Å²) in [7, 11) is 0. The molecule has 1 nitrogen and oxygen atoms in total. The van der Waals surface area contributed by atoms with Gasteiger partial charge in [-0.05, 0) is 23.8 Å². The van der Waals surface area contributed by atoms with Crippen molar-refractivity contribution in [2.75, 3.05) is 5.75 Å². The van der Waals surface area contributed by atoms with Gasteiger partial charge in [0.2, 0.25) is 0 Å². The van der Waals surface area contributed by atoms with Crippen molar-refractivity contribution >= 4 is 11.8 Å². The molecule has 0 atom stereocenters. The lowest BCUT2D eigenvalue weighted by Crippen LogP contribution is -1.93. The van der Waals surface area contributed by atoms with Crippen molar-refractivity contribution in [1.29, 1.82) is 0 Å². The Morgan fingerprint density at radius 1 is 1.42 bits per heavy atom. The van der Waals surface area contributed by atoms with Crippen LogP contribution in [0.2, 0.25) is 0 Å². The van der Waals surface area contributed by atoms with E-state index in [-0.39, 0.29) is 0 Å². The standard InChI is InChI=1S/C10H15NS/c1-3-10-9(8-12-4-2)6-5-7-11-10/h5-7H,3-4,8H2,1-2H3. The van der Waals surface area contributed by atoms with Crippen LogP contribution in [0.4, 0.5) is 0 Å². The Kier molecular flexibility index (Phi) is 4.15. The first-order valence-corrected chi connectivity index (χ1v) is 5.54. The van der Waals surface area contributed by atoms with Crippen LogP contribution in [0.3, 0.4) is 0 Å². The first-order valence-electron chi connectivity index (χ1n) is 4.39. The summed E-state index contributed by atoms with van der Waals surface area (Å²) in [5.74, 6) is 2.28. The predicted octanol–water partition coefficient (Wildman–Crippen LogP) is 2.90. The maximum Gasteiger partial charge on any atom is 0.0441 e. The molecule has 0 saturated carbocycles. The Morgan fingerprint density at radius 2 is 2.25 bits per heavy atom. The van der Waals surface area contributed by atoms with Crippen LogP contribution in [0.25, 0.3) is 0 Å². The van der Waals surface area contributed by atoms with E-state index < -0.39 is 0 Å². The first kappa shape index (κ1) is 9.59. The van der Waals surface area contributed by atoms with Crippen molar-refractivity contribution in [3.63, 3.8) is 0 Å². The van der Waals surface area contributed by atoms with Gasteiger partial charge in [-0.2, -0.15) is 11.8 Å². The van der Waals surface area contributed by atoms with Crippen LogP contribution in [0, 0.1) is 0 Å². The lowest BCUT2D eigenvalue weighted by molar-refractivity contribution is 1.00. The molecule has 0 N–H and O–H groups in total. The summed E-state index contributed by atoms with van der Waals surface area (Å²) >= 11 is 1.95. The summed E-state index contributed by atoms with van der Waals surface area (Å²) in [4.78, 5) is 4.34. The molecule has 0 unspecified atom stereocenters. The topological polar surface area (TPSA) is 12.9 Å². The Morgan fingerprint density at radius 3 is 2.92 bits per heavy atom. The zero-order valence-corrected chi connectivity index (χ0v) is 8.53. The minimum atomic E-state index is 1.04. The maximum absolute atomic E-state index is 4.34. The van der Waals surface area contributed by atoms with Crippen molar-refractivity contribution in [3.05, 3.63) is 29.6 Å². The summed E-state index contributed by atoms with van der Waals surface area (Å²) in [5.41, 5.74) is 2.64. The van der Waals surface area contributed by atoms with Gasteiger partial charge in [-0.15, -0.1) is 0 Å². The lowest BCUT2D eigenvalue weighted by Gasteiger charge is -2.04. The highest BCUT2D eigenvalue weighted by molar-refractivity contribution is 7.98. The highest BCUT2D eigenvalue weighted by atomic mass is 32.2. The van der Waals surface area contributed by atoms with E-state index in [0.29, 0.717) is 0 Å². The minimum absolute atomic E-state index is 1.04. The third-order valence-electron chi connectivity index (χ3n) is 1.78. The smallest absolute Gasteiger partial charge is 0.0441 e. The number of rotatable bonds is 4. The lowest BCUT2D eigenvalue weighted by atomic mass is 10.2. The van der Waals surface area contributed by atoms with Crippen molar-refractivity contribution in [3.8, 4) is 0 Å². The molecule has 0 radical (unpaired) electrons. The summed E-state index contributed by atoms with van der Waals surface area (Å²) in [6, 6.07) is 4.19.